The van der Waals surface area contributed by atoms with E-state index in [2.05, 4.69) is 0 Å². The van der Waals surface area contributed by atoms with Crippen molar-refractivity contribution in [3.63, 3.8) is 0 Å². The number of allylic oxidation sites excluding steroid dienone is 1. The molecule has 78 valence electrons. The molecular weight excluding hydrogens is 195 g/mol. The molecule has 0 bridgehead atoms. The number of rotatable bonds is 3. The first kappa shape index (κ1) is 9.90. The van der Waals surface area contributed by atoms with Crippen LogP contribution in [-0.2, 0) is 11.2 Å². The van der Waals surface area contributed by atoms with Gasteiger partial charge in [-0.3, -0.25) is 4.79 Å². The Labute approximate surface area is 87.0 Å². The van der Waals surface area contributed by atoms with E-state index >= 15 is 0 Å². The first-order valence-electron chi connectivity index (χ1n) is 4.85. The second-order valence-electron chi connectivity index (χ2n) is 3.72. The van der Waals surface area contributed by atoms with Crippen LogP contribution in [0.2, 0.25) is 0 Å². The Morgan fingerprint density at radius 2 is 2.27 bits per heavy atom. The van der Waals surface area contributed by atoms with Crippen LogP contribution >= 0.6 is 0 Å². The van der Waals surface area contributed by atoms with Crippen molar-refractivity contribution in [2.45, 2.75) is 19.3 Å². The van der Waals surface area contributed by atoms with Crippen molar-refractivity contribution >= 4 is 12.0 Å². The Balaban J connectivity index is 2.08. The van der Waals surface area contributed by atoms with Gasteiger partial charge in [0.25, 0.3) is 0 Å². The number of carboxylic acid groups (broad SMARTS) is 1. The van der Waals surface area contributed by atoms with E-state index in [1.807, 2.05) is 6.08 Å². The molecule has 2 nitrogen and oxygen atoms in total. The number of benzene rings is 1. The molecule has 0 saturated heterocycles. The summed E-state index contributed by atoms with van der Waals surface area (Å²) in [6, 6.07) is 4.67. The molecule has 0 atom stereocenters. The summed E-state index contributed by atoms with van der Waals surface area (Å²) in [6.45, 7) is 0. The predicted octanol–water partition coefficient (Wildman–Crippen LogP) is 2.63. The molecule has 1 aliphatic rings. The number of fused-ring (bicyclic) bond motifs is 1. The van der Waals surface area contributed by atoms with Crippen molar-refractivity contribution in [2.24, 2.45) is 0 Å². The van der Waals surface area contributed by atoms with Crippen LogP contribution < -0.4 is 0 Å². The van der Waals surface area contributed by atoms with Gasteiger partial charge in [0, 0.05) is 6.42 Å². The van der Waals surface area contributed by atoms with E-state index in [0.29, 0.717) is 12.8 Å². The van der Waals surface area contributed by atoms with Gasteiger partial charge < -0.3 is 5.11 Å². The minimum Gasteiger partial charge on any atom is -0.481 e. The summed E-state index contributed by atoms with van der Waals surface area (Å²) in [7, 11) is 0. The molecule has 1 N–H and O–H groups in total. The predicted molar refractivity (Wildman–Crippen MR) is 55.0 cm³/mol. The summed E-state index contributed by atoms with van der Waals surface area (Å²) in [5.74, 6) is -1.03. The van der Waals surface area contributed by atoms with E-state index in [-0.39, 0.29) is 12.2 Å². The van der Waals surface area contributed by atoms with E-state index in [1.165, 1.54) is 12.1 Å². The molecule has 1 aliphatic carbocycles. The summed E-state index contributed by atoms with van der Waals surface area (Å²) in [5.41, 5.74) is 3.03. The molecule has 0 unspecified atom stereocenters. The van der Waals surface area contributed by atoms with Gasteiger partial charge >= 0.3 is 5.97 Å². The fourth-order valence-corrected chi connectivity index (χ4v) is 1.81. The quantitative estimate of drug-likeness (QED) is 0.825. The van der Waals surface area contributed by atoms with Crippen LogP contribution in [0.5, 0.6) is 0 Å². The number of carboxylic acids is 1. The maximum atomic E-state index is 12.9. The molecule has 0 fully saturated rings. The Morgan fingerprint density at radius 1 is 1.47 bits per heavy atom. The monoisotopic (exact) mass is 206 g/mol. The van der Waals surface area contributed by atoms with E-state index < -0.39 is 5.97 Å². The van der Waals surface area contributed by atoms with Gasteiger partial charge in [0.1, 0.15) is 5.82 Å². The van der Waals surface area contributed by atoms with Crippen molar-refractivity contribution < 1.29 is 14.3 Å². The first-order chi connectivity index (χ1) is 7.15. The van der Waals surface area contributed by atoms with Crippen LogP contribution in [0, 0.1) is 5.82 Å². The number of hydrogen-bond acceptors (Lipinski definition) is 1. The topological polar surface area (TPSA) is 37.3 Å². The maximum Gasteiger partial charge on any atom is 0.303 e. The Bertz CT molecular complexity index is 435. The molecule has 0 spiro atoms. The molecule has 1 aromatic carbocycles. The SMILES string of the molecule is O=C(O)CCC1=Cc2ccc(F)cc2C1. The molecule has 0 aromatic heterocycles. The highest BCUT2D eigenvalue weighted by Crippen LogP contribution is 2.27. The summed E-state index contributed by atoms with van der Waals surface area (Å²) >= 11 is 0. The lowest BCUT2D eigenvalue weighted by molar-refractivity contribution is -0.136. The zero-order valence-corrected chi connectivity index (χ0v) is 8.16. The minimum absolute atomic E-state index is 0.141. The molecule has 1 aromatic rings. The van der Waals surface area contributed by atoms with Gasteiger partial charge in [0.2, 0.25) is 0 Å². The first-order valence-corrected chi connectivity index (χ1v) is 4.85. The summed E-state index contributed by atoms with van der Waals surface area (Å²) < 4.78 is 12.9. The third-order valence-electron chi connectivity index (χ3n) is 2.54. The molecular formula is C12H11FO2. The van der Waals surface area contributed by atoms with Crippen molar-refractivity contribution in [2.75, 3.05) is 0 Å². The third-order valence-corrected chi connectivity index (χ3v) is 2.54. The fraction of sp³-hybridized carbons (Fsp3) is 0.250. The van der Waals surface area contributed by atoms with Crippen molar-refractivity contribution in [1.82, 2.24) is 0 Å². The van der Waals surface area contributed by atoms with Gasteiger partial charge in [-0.2, -0.15) is 0 Å². The van der Waals surface area contributed by atoms with Gasteiger partial charge in [-0.1, -0.05) is 17.7 Å². The highest BCUT2D eigenvalue weighted by atomic mass is 19.1. The van der Waals surface area contributed by atoms with Crippen LogP contribution in [0.4, 0.5) is 4.39 Å². The van der Waals surface area contributed by atoms with Gasteiger partial charge in [0.05, 0.1) is 0 Å². The summed E-state index contributed by atoms with van der Waals surface area (Å²) in [6.07, 6.45) is 3.33. The average molecular weight is 206 g/mol. The fourth-order valence-electron chi connectivity index (χ4n) is 1.81. The molecule has 2 rings (SSSR count). The second-order valence-corrected chi connectivity index (χ2v) is 3.72. The number of carbonyl (C=O) groups is 1. The van der Waals surface area contributed by atoms with Crippen LogP contribution in [0.25, 0.3) is 6.08 Å². The molecule has 3 heteroatoms. The Morgan fingerprint density at radius 3 is 3.00 bits per heavy atom. The minimum atomic E-state index is -0.793. The molecule has 0 amide bonds. The second kappa shape index (κ2) is 3.85. The standard InChI is InChI=1S/C12H11FO2/c13-11-3-2-9-5-8(1-4-12(14)15)6-10(9)7-11/h2-3,5,7H,1,4,6H2,(H,14,15). The van der Waals surface area contributed by atoms with E-state index in [9.17, 15) is 9.18 Å². The molecule has 0 radical (unpaired) electrons. The van der Waals surface area contributed by atoms with E-state index in [4.69, 9.17) is 5.11 Å². The molecule has 0 aliphatic heterocycles. The lowest BCUT2D eigenvalue weighted by atomic mass is 10.1. The smallest absolute Gasteiger partial charge is 0.303 e. The lowest BCUT2D eigenvalue weighted by Crippen LogP contribution is -1.95. The van der Waals surface area contributed by atoms with Gasteiger partial charge in [-0.05, 0) is 36.1 Å². The number of aliphatic carboxylic acids is 1. The van der Waals surface area contributed by atoms with Crippen molar-refractivity contribution in [3.05, 3.63) is 40.7 Å². The van der Waals surface area contributed by atoms with E-state index in [1.54, 1.807) is 6.07 Å². The van der Waals surface area contributed by atoms with Crippen LogP contribution in [0.15, 0.2) is 23.8 Å². The maximum absolute atomic E-state index is 12.9. The molecule has 15 heavy (non-hydrogen) atoms. The summed E-state index contributed by atoms with van der Waals surface area (Å²) in [5, 5.41) is 8.55. The van der Waals surface area contributed by atoms with Crippen LogP contribution in [0.3, 0.4) is 0 Å². The largest absolute Gasteiger partial charge is 0.481 e. The number of hydrogen-bond donors (Lipinski definition) is 1. The van der Waals surface area contributed by atoms with Gasteiger partial charge in [-0.15, -0.1) is 0 Å². The van der Waals surface area contributed by atoms with Gasteiger partial charge in [0.15, 0.2) is 0 Å². The Kier molecular flexibility index (Phi) is 2.54. The lowest BCUT2D eigenvalue weighted by Gasteiger charge is -1.99. The highest BCUT2D eigenvalue weighted by molar-refractivity contribution is 5.69. The number of halogens is 1. The van der Waals surface area contributed by atoms with Gasteiger partial charge in [-0.25, -0.2) is 4.39 Å². The Hall–Kier alpha value is -1.64. The van der Waals surface area contributed by atoms with Crippen LogP contribution in [-0.4, -0.2) is 11.1 Å². The molecule has 0 heterocycles. The van der Waals surface area contributed by atoms with Crippen molar-refractivity contribution in [3.8, 4) is 0 Å². The normalized spacial score (nSPS) is 13.5. The molecule has 0 saturated carbocycles. The zero-order chi connectivity index (χ0) is 10.8. The average Bonchev–Trinajstić information content (AvgIpc) is 2.56. The highest BCUT2D eigenvalue weighted by Gasteiger charge is 2.13. The van der Waals surface area contributed by atoms with E-state index in [0.717, 1.165) is 16.7 Å². The third kappa shape index (κ3) is 2.24. The van der Waals surface area contributed by atoms with Crippen LogP contribution in [0.1, 0.15) is 24.0 Å². The summed E-state index contributed by atoms with van der Waals surface area (Å²) in [4.78, 5) is 10.4. The zero-order valence-electron chi connectivity index (χ0n) is 8.16. The van der Waals surface area contributed by atoms with Crippen molar-refractivity contribution in [1.29, 1.82) is 0 Å².